The van der Waals surface area contributed by atoms with Crippen LogP contribution < -0.4 is 0 Å². The molecule has 6 heteroatoms. The van der Waals surface area contributed by atoms with Gasteiger partial charge in [-0.25, -0.2) is 15.0 Å². The molecule has 0 aliphatic heterocycles. The molecule has 0 spiro atoms. The van der Waals surface area contributed by atoms with Gasteiger partial charge in [-0.3, -0.25) is 0 Å². The van der Waals surface area contributed by atoms with Crippen LogP contribution in [-0.4, -0.2) is 19.5 Å². The molecule has 0 aliphatic carbocycles. The zero-order chi connectivity index (χ0) is 38.6. The number of fused-ring (bicyclic) bond motifs is 11. The molecule has 0 saturated heterocycles. The van der Waals surface area contributed by atoms with E-state index in [9.17, 15) is 0 Å². The van der Waals surface area contributed by atoms with Gasteiger partial charge in [0.25, 0.3) is 0 Å². The molecule has 274 valence electrons. The fourth-order valence-corrected chi connectivity index (χ4v) is 11.3. The van der Waals surface area contributed by atoms with E-state index in [0.717, 1.165) is 44.2 Å². The third-order valence-corrected chi connectivity index (χ3v) is 14.1. The summed E-state index contributed by atoms with van der Waals surface area (Å²) in [5.41, 5.74) is 6.23. The molecule has 0 atom stereocenters. The van der Waals surface area contributed by atoms with E-state index < -0.39 is 0 Å². The zero-order valence-electron chi connectivity index (χ0n) is 31.4. The van der Waals surface area contributed by atoms with Crippen LogP contribution >= 0.6 is 22.7 Å². The van der Waals surface area contributed by atoms with E-state index >= 15 is 0 Å². The van der Waals surface area contributed by atoms with Crippen molar-refractivity contribution < 1.29 is 0 Å². The Bertz CT molecular complexity index is 3870. The molecule has 0 aliphatic rings. The van der Waals surface area contributed by atoms with Crippen LogP contribution in [0.15, 0.2) is 182 Å². The summed E-state index contributed by atoms with van der Waals surface area (Å²) in [6, 6.07) is 65.5. The molecular weight excluding hydrogens is 757 g/mol. The largest absolute Gasteiger partial charge is 0.308 e. The summed E-state index contributed by atoms with van der Waals surface area (Å²) in [6.07, 6.45) is 0. The second-order valence-corrected chi connectivity index (χ2v) is 17.3. The van der Waals surface area contributed by atoms with E-state index in [4.69, 9.17) is 15.0 Å². The molecule has 0 unspecified atom stereocenters. The molecule has 13 rings (SSSR count). The third kappa shape index (κ3) is 4.97. The summed E-state index contributed by atoms with van der Waals surface area (Å²) >= 11 is 3.65. The van der Waals surface area contributed by atoms with Crippen LogP contribution in [0, 0.1) is 0 Å². The molecule has 0 N–H and O–H groups in total. The summed E-state index contributed by atoms with van der Waals surface area (Å²) in [5.74, 6) is 1.92. The zero-order valence-corrected chi connectivity index (χ0v) is 33.1. The highest BCUT2D eigenvalue weighted by Gasteiger charge is 2.24. The number of para-hydroxylation sites is 1. The highest BCUT2D eigenvalue weighted by atomic mass is 32.1. The van der Waals surface area contributed by atoms with Gasteiger partial charge in [0.1, 0.15) is 0 Å². The van der Waals surface area contributed by atoms with Gasteiger partial charge >= 0.3 is 0 Å². The molecule has 13 aromatic rings. The number of hydrogen-bond donors (Lipinski definition) is 0. The lowest BCUT2D eigenvalue weighted by atomic mass is 10.0. The van der Waals surface area contributed by atoms with Crippen molar-refractivity contribution in [3.63, 3.8) is 0 Å². The van der Waals surface area contributed by atoms with Crippen LogP contribution in [0.4, 0.5) is 0 Å². The molecule has 0 bridgehead atoms. The Labute approximate surface area is 345 Å². The number of hydrogen-bond acceptors (Lipinski definition) is 5. The number of thiophene rings is 2. The van der Waals surface area contributed by atoms with Gasteiger partial charge in [0.2, 0.25) is 0 Å². The minimum absolute atomic E-state index is 0.632. The maximum Gasteiger partial charge on any atom is 0.166 e. The average Bonchev–Trinajstić information content (AvgIpc) is 3.97. The molecule has 4 aromatic heterocycles. The predicted molar refractivity (Wildman–Crippen MR) is 251 cm³/mol. The number of benzene rings is 9. The maximum atomic E-state index is 5.47. The first kappa shape index (κ1) is 32.8. The molecule has 4 heterocycles. The van der Waals surface area contributed by atoms with Crippen LogP contribution in [0.3, 0.4) is 0 Å². The molecular formula is C53H30N4S2. The van der Waals surface area contributed by atoms with Gasteiger partial charge in [-0.15, -0.1) is 22.7 Å². The quantitative estimate of drug-likeness (QED) is 0.178. The van der Waals surface area contributed by atoms with Crippen molar-refractivity contribution >= 4 is 106 Å². The Kier molecular flexibility index (Phi) is 7.02. The minimum atomic E-state index is 0.632. The summed E-state index contributed by atoms with van der Waals surface area (Å²) in [7, 11) is 0. The van der Waals surface area contributed by atoms with Crippen molar-refractivity contribution in [2.45, 2.75) is 0 Å². The Morgan fingerprint density at radius 1 is 0.339 bits per heavy atom. The minimum Gasteiger partial charge on any atom is -0.308 e. The van der Waals surface area contributed by atoms with E-state index in [2.05, 4.69) is 187 Å². The highest BCUT2D eigenvalue weighted by Crippen LogP contribution is 2.46. The Balaban J connectivity index is 1.17. The molecule has 0 amide bonds. The molecule has 59 heavy (non-hydrogen) atoms. The fraction of sp³-hybridized carbons (Fsp3) is 0. The fourth-order valence-electron chi connectivity index (χ4n) is 9.14. The van der Waals surface area contributed by atoms with Crippen LogP contribution in [-0.2, 0) is 0 Å². The predicted octanol–water partition coefficient (Wildman–Crippen LogP) is 15.0. The smallest absolute Gasteiger partial charge is 0.166 e. The molecule has 4 nitrogen and oxygen atoms in total. The van der Waals surface area contributed by atoms with E-state index in [1.807, 2.05) is 22.7 Å². The van der Waals surface area contributed by atoms with Crippen LogP contribution in [0.1, 0.15) is 0 Å². The second-order valence-electron chi connectivity index (χ2n) is 15.1. The lowest BCUT2D eigenvalue weighted by Crippen LogP contribution is -2.04. The van der Waals surface area contributed by atoms with Gasteiger partial charge in [0.15, 0.2) is 17.5 Å². The van der Waals surface area contributed by atoms with Gasteiger partial charge in [0, 0.05) is 67.8 Å². The van der Waals surface area contributed by atoms with Crippen LogP contribution in [0.25, 0.3) is 124 Å². The summed E-state index contributed by atoms with van der Waals surface area (Å²) < 4.78 is 7.45. The standard InChI is InChI=1S/C53H30N4S2/c1-2-14-33-30-44-41(28-32(33)13-1)36-17-5-8-21-43(36)57(44)50-40(25-27-48-49(50)39-19-7-10-23-46(39)59-48)53-55-51(34-24-26-47-42(29-34)37-18-6-9-22-45(37)58-47)54-52(56-53)38-20-11-15-31-12-3-4-16-35(31)38/h1-30H. The number of nitrogens with zero attached hydrogens (tertiary/aromatic N) is 4. The first-order valence-electron chi connectivity index (χ1n) is 19.8. The molecule has 0 fully saturated rings. The Hall–Kier alpha value is -7.25. The molecule has 0 radical (unpaired) electrons. The van der Waals surface area contributed by atoms with Gasteiger partial charge < -0.3 is 4.57 Å². The van der Waals surface area contributed by atoms with Crippen molar-refractivity contribution in [2.75, 3.05) is 0 Å². The van der Waals surface area contributed by atoms with Crippen LogP contribution in [0.2, 0.25) is 0 Å². The number of aromatic nitrogens is 4. The maximum absolute atomic E-state index is 5.47. The van der Waals surface area contributed by atoms with E-state index in [1.165, 1.54) is 61.9 Å². The van der Waals surface area contributed by atoms with Gasteiger partial charge in [-0.2, -0.15) is 0 Å². The SMILES string of the molecule is c1ccc2cc3c(cc2c1)c1ccccc1n3-c1c(-c2nc(-c3ccc4sc5ccccc5c4c3)nc(-c3cccc4ccccc34)n2)ccc2sc3ccccc3c12. The normalized spacial score (nSPS) is 12.1. The van der Waals surface area contributed by atoms with E-state index in [-0.39, 0.29) is 0 Å². The van der Waals surface area contributed by atoms with Gasteiger partial charge in [0.05, 0.1) is 16.7 Å². The van der Waals surface area contributed by atoms with Crippen molar-refractivity contribution in [1.82, 2.24) is 19.5 Å². The molecule has 0 saturated carbocycles. The van der Waals surface area contributed by atoms with Gasteiger partial charge in [-0.1, -0.05) is 121 Å². The first-order chi connectivity index (χ1) is 29.2. The summed E-state index contributed by atoms with van der Waals surface area (Å²) in [6.45, 7) is 0. The topological polar surface area (TPSA) is 43.6 Å². The summed E-state index contributed by atoms with van der Waals surface area (Å²) in [5, 5.41) is 12.0. The Morgan fingerprint density at radius 2 is 0.932 bits per heavy atom. The Morgan fingerprint density at radius 3 is 1.78 bits per heavy atom. The van der Waals surface area contributed by atoms with Crippen molar-refractivity contribution in [3.8, 4) is 39.9 Å². The third-order valence-electron chi connectivity index (χ3n) is 11.8. The highest BCUT2D eigenvalue weighted by molar-refractivity contribution is 7.26. The van der Waals surface area contributed by atoms with E-state index in [1.54, 1.807) is 0 Å². The lowest BCUT2D eigenvalue weighted by Gasteiger charge is -2.17. The average molecular weight is 787 g/mol. The van der Waals surface area contributed by atoms with Crippen LogP contribution in [0.5, 0.6) is 0 Å². The lowest BCUT2D eigenvalue weighted by molar-refractivity contribution is 1.07. The van der Waals surface area contributed by atoms with Crippen molar-refractivity contribution in [2.24, 2.45) is 0 Å². The second kappa shape index (κ2) is 12.6. The van der Waals surface area contributed by atoms with Crippen molar-refractivity contribution in [1.29, 1.82) is 0 Å². The van der Waals surface area contributed by atoms with Crippen molar-refractivity contribution in [3.05, 3.63) is 182 Å². The van der Waals surface area contributed by atoms with E-state index in [0.29, 0.717) is 17.5 Å². The monoisotopic (exact) mass is 786 g/mol. The number of rotatable bonds is 4. The van der Waals surface area contributed by atoms with Gasteiger partial charge in [-0.05, 0) is 82.2 Å². The molecule has 9 aromatic carbocycles. The first-order valence-corrected chi connectivity index (χ1v) is 21.4. The summed E-state index contributed by atoms with van der Waals surface area (Å²) in [4.78, 5) is 16.3.